The molecule has 0 radical (unpaired) electrons. The summed E-state index contributed by atoms with van der Waals surface area (Å²) in [5.74, 6) is 0.462. The van der Waals surface area contributed by atoms with E-state index in [-0.39, 0.29) is 5.56 Å². The predicted molar refractivity (Wildman–Crippen MR) is 56.7 cm³/mol. The molecule has 0 aliphatic heterocycles. The fourth-order valence-electron chi connectivity index (χ4n) is 1.07. The number of aromatic amines is 2. The Morgan fingerprint density at radius 3 is 2.93 bits per heavy atom. The van der Waals surface area contributed by atoms with Gasteiger partial charge in [-0.25, -0.2) is 4.98 Å². The van der Waals surface area contributed by atoms with Crippen LogP contribution in [-0.2, 0) is 0 Å². The Morgan fingerprint density at radius 2 is 2.33 bits per heavy atom. The molecule has 0 unspecified atom stereocenters. The third-order valence-electron chi connectivity index (χ3n) is 1.69. The first-order valence-electron chi connectivity index (χ1n) is 4.20. The molecule has 2 aromatic heterocycles. The Labute approximate surface area is 89.3 Å². The number of rotatable bonds is 2. The molecule has 78 valence electrons. The summed E-state index contributed by atoms with van der Waals surface area (Å²) in [7, 11) is 0. The largest absolute Gasteiger partial charge is 0.383 e. The SMILES string of the molecule is Cc1cc(=O)[nH]c(Sc2cn[nH]c2N)n1. The highest BCUT2D eigenvalue weighted by Gasteiger charge is 2.06. The van der Waals surface area contributed by atoms with Crippen LogP contribution in [0, 0.1) is 6.92 Å². The maximum Gasteiger partial charge on any atom is 0.251 e. The zero-order valence-corrected chi connectivity index (χ0v) is 8.76. The summed E-state index contributed by atoms with van der Waals surface area (Å²) in [5.41, 5.74) is 6.10. The Hall–Kier alpha value is -1.76. The van der Waals surface area contributed by atoms with Crippen molar-refractivity contribution < 1.29 is 0 Å². The fraction of sp³-hybridized carbons (Fsp3) is 0.125. The molecule has 0 aliphatic carbocycles. The minimum Gasteiger partial charge on any atom is -0.383 e. The number of hydrogen-bond donors (Lipinski definition) is 3. The Balaban J connectivity index is 2.32. The topological polar surface area (TPSA) is 100 Å². The lowest BCUT2D eigenvalue weighted by atomic mass is 10.5. The van der Waals surface area contributed by atoms with E-state index in [0.717, 1.165) is 4.90 Å². The Bertz CT molecular complexity index is 532. The summed E-state index contributed by atoms with van der Waals surface area (Å²) in [6.45, 7) is 1.76. The van der Waals surface area contributed by atoms with E-state index in [9.17, 15) is 4.79 Å². The van der Waals surface area contributed by atoms with Gasteiger partial charge < -0.3 is 10.7 Å². The normalized spacial score (nSPS) is 10.5. The molecule has 0 spiro atoms. The maximum atomic E-state index is 11.2. The first-order chi connectivity index (χ1) is 7.15. The van der Waals surface area contributed by atoms with Gasteiger partial charge in [-0.2, -0.15) is 5.10 Å². The third kappa shape index (κ3) is 2.18. The minimum atomic E-state index is -0.174. The van der Waals surface area contributed by atoms with Gasteiger partial charge in [0.25, 0.3) is 5.56 Å². The number of nitrogen functional groups attached to an aromatic ring is 1. The lowest BCUT2D eigenvalue weighted by Gasteiger charge is -1.99. The number of nitrogens with one attached hydrogen (secondary N) is 2. The molecular formula is C8H9N5OS. The monoisotopic (exact) mass is 223 g/mol. The highest BCUT2D eigenvalue weighted by Crippen LogP contribution is 2.27. The van der Waals surface area contributed by atoms with Crippen molar-refractivity contribution in [2.24, 2.45) is 0 Å². The quantitative estimate of drug-likeness (QED) is 0.645. The van der Waals surface area contributed by atoms with Gasteiger partial charge in [0.15, 0.2) is 5.16 Å². The number of hydrogen-bond acceptors (Lipinski definition) is 5. The van der Waals surface area contributed by atoms with E-state index in [1.807, 2.05) is 0 Å². The van der Waals surface area contributed by atoms with E-state index >= 15 is 0 Å². The van der Waals surface area contributed by atoms with Crippen LogP contribution in [0.3, 0.4) is 0 Å². The zero-order valence-electron chi connectivity index (χ0n) is 7.94. The van der Waals surface area contributed by atoms with Crippen LogP contribution in [0.25, 0.3) is 0 Å². The van der Waals surface area contributed by atoms with Gasteiger partial charge in [0.1, 0.15) is 5.82 Å². The summed E-state index contributed by atoms with van der Waals surface area (Å²) in [6.07, 6.45) is 1.59. The van der Waals surface area contributed by atoms with Crippen molar-refractivity contribution in [3.63, 3.8) is 0 Å². The van der Waals surface area contributed by atoms with Gasteiger partial charge >= 0.3 is 0 Å². The van der Waals surface area contributed by atoms with Gasteiger partial charge in [0, 0.05) is 11.8 Å². The van der Waals surface area contributed by atoms with Crippen molar-refractivity contribution in [2.75, 3.05) is 5.73 Å². The zero-order chi connectivity index (χ0) is 10.8. The van der Waals surface area contributed by atoms with Gasteiger partial charge in [-0.05, 0) is 18.7 Å². The minimum absolute atomic E-state index is 0.174. The first-order valence-corrected chi connectivity index (χ1v) is 5.01. The molecule has 6 nitrogen and oxygen atoms in total. The number of nitrogens with zero attached hydrogens (tertiary/aromatic N) is 2. The average Bonchev–Trinajstić information content (AvgIpc) is 2.50. The first kappa shape index (κ1) is 9.78. The van der Waals surface area contributed by atoms with E-state index < -0.39 is 0 Å². The smallest absolute Gasteiger partial charge is 0.251 e. The molecule has 0 aromatic carbocycles. The molecule has 4 N–H and O–H groups in total. The van der Waals surface area contributed by atoms with Crippen molar-refractivity contribution in [1.29, 1.82) is 0 Å². The summed E-state index contributed by atoms with van der Waals surface area (Å²) in [6, 6.07) is 1.43. The van der Waals surface area contributed by atoms with Crippen LogP contribution >= 0.6 is 11.8 Å². The lowest BCUT2D eigenvalue weighted by Crippen LogP contribution is -2.07. The van der Waals surface area contributed by atoms with Crippen LogP contribution < -0.4 is 11.3 Å². The lowest BCUT2D eigenvalue weighted by molar-refractivity contribution is 0.905. The fourth-order valence-corrected chi connectivity index (χ4v) is 1.88. The van der Waals surface area contributed by atoms with Crippen molar-refractivity contribution >= 4 is 17.6 Å². The molecule has 0 atom stereocenters. The molecule has 7 heteroatoms. The van der Waals surface area contributed by atoms with Crippen LogP contribution in [0.2, 0.25) is 0 Å². The summed E-state index contributed by atoms with van der Waals surface area (Å²) in [4.78, 5) is 18.7. The summed E-state index contributed by atoms with van der Waals surface area (Å²) >= 11 is 1.26. The maximum absolute atomic E-state index is 11.2. The number of anilines is 1. The molecule has 15 heavy (non-hydrogen) atoms. The number of aromatic nitrogens is 4. The van der Waals surface area contributed by atoms with Gasteiger partial charge in [0.05, 0.1) is 11.1 Å². The highest BCUT2D eigenvalue weighted by molar-refractivity contribution is 7.99. The van der Waals surface area contributed by atoms with E-state index in [1.165, 1.54) is 17.8 Å². The van der Waals surface area contributed by atoms with Gasteiger partial charge in [-0.1, -0.05) is 0 Å². The van der Waals surface area contributed by atoms with Crippen LogP contribution in [0.5, 0.6) is 0 Å². The van der Waals surface area contributed by atoms with E-state index in [2.05, 4.69) is 20.2 Å². The van der Waals surface area contributed by atoms with E-state index in [0.29, 0.717) is 16.7 Å². The predicted octanol–water partition coefficient (Wildman–Crippen LogP) is 0.535. The second-order valence-electron chi connectivity index (χ2n) is 2.94. The molecule has 2 heterocycles. The van der Waals surface area contributed by atoms with Gasteiger partial charge in [-0.15, -0.1) is 0 Å². The van der Waals surface area contributed by atoms with Crippen LogP contribution in [0.1, 0.15) is 5.69 Å². The van der Waals surface area contributed by atoms with Crippen molar-refractivity contribution in [3.8, 4) is 0 Å². The molecule has 0 saturated heterocycles. The van der Waals surface area contributed by atoms with Crippen LogP contribution in [0.15, 0.2) is 27.1 Å². The standard InChI is InChI=1S/C8H9N5OS/c1-4-2-6(14)12-8(11-4)15-5-3-10-13-7(5)9/h2-3H,1H3,(H3,9,10,13)(H,11,12,14). The number of aryl methyl sites for hydroxylation is 1. The van der Waals surface area contributed by atoms with E-state index in [1.54, 1.807) is 13.1 Å². The summed E-state index contributed by atoms with van der Waals surface area (Å²) < 4.78 is 0. The molecule has 0 saturated carbocycles. The number of H-pyrrole nitrogens is 2. The third-order valence-corrected chi connectivity index (χ3v) is 2.62. The Kier molecular flexibility index (Phi) is 2.46. The van der Waals surface area contributed by atoms with Crippen molar-refractivity contribution in [3.05, 3.63) is 28.3 Å². The van der Waals surface area contributed by atoms with Crippen molar-refractivity contribution in [1.82, 2.24) is 20.2 Å². The second-order valence-corrected chi connectivity index (χ2v) is 3.97. The second kappa shape index (κ2) is 3.77. The van der Waals surface area contributed by atoms with Crippen molar-refractivity contribution in [2.45, 2.75) is 17.0 Å². The number of nitrogens with two attached hydrogens (primary N) is 1. The van der Waals surface area contributed by atoms with Crippen LogP contribution in [-0.4, -0.2) is 20.2 Å². The molecule has 0 aliphatic rings. The summed E-state index contributed by atoms with van der Waals surface area (Å²) in [5, 5.41) is 6.88. The molecule has 0 fully saturated rings. The molecule has 2 aromatic rings. The highest BCUT2D eigenvalue weighted by atomic mass is 32.2. The molecule has 2 rings (SSSR count). The van der Waals surface area contributed by atoms with Gasteiger partial charge in [0.2, 0.25) is 0 Å². The van der Waals surface area contributed by atoms with E-state index in [4.69, 9.17) is 5.73 Å². The van der Waals surface area contributed by atoms with Gasteiger partial charge in [-0.3, -0.25) is 9.89 Å². The van der Waals surface area contributed by atoms with Crippen LogP contribution in [0.4, 0.5) is 5.82 Å². The molecular weight excluding hydrogens is 214 g/mol. The molecule has 0 bridgehead atoms. The Morgan fingerprint density at radius 1 is 1.53 bits per heavy atom. The average molecular weight is 223 g/mol. The molecule has 0 amide bonds.